The number of sulfonamides is 1. The number of carbonyl (C=O) groups excluding carboxylic acids is 1. The summed E-state index contributed by atoms with van der Waals surface area (Å²) < 4.78 is 65.9. The lowest BCUT2D eigenvalue weighted by Crippen LogP contribution is -2.42. The van der Waals surface area contributed by atoms with Crippen molar-refractivity contribution in [2.45, 2.75) is 30.3 Å². The van der Waals surface area contributed by atoms with Gasteiger partial charge in [0.25, 0.3) is 5.91 Å². The fourth-order valence-corrected chi connectivity index (χ4v) is 4.25. The number of amides is 1. The molecule has 1 aliphatic carbocycles. The SMILES string of the molecule is CN(C)C(=O)c1cc(S(=O)(=O)N(CC2CCC2)CC(F)(F)F)cn1C. The molecule has 0 radical (unpaired) electrons. The number of rotatable bonds is 6. The van der Waals surface area contributed by atoms with E-state index in [1.54, 1.807) is 0 Å². The molecule has 0 aromatic carbocycles. The van der Waals surface area contributed by atoms with E-state index < -0.39 is 28.7 Å². The molecule has 10 heteroatoms. The summed E-state index contributed by atoms with van der Waals surface area (Å²) in [5, 5.41) is 0. The zero-order valence-electron chi connectivity index (χ0n) is 14.4. The molecule has 1 aliphatic rings. The van der Waals surface area contributed by atoms with Crippen LogP contribution in [0.3, 0.4) is 0 Å². The van der Waals surface area contributed by atoms with Crippen LogP contribution in [-0.4, -0.2) is 61.5 Å². The van der Waals surface area contributed by atoms with Crippen molar-refractivity contribution >= 4 is 15.9 Å². The van der Waals surface area contributed by atoms with E-state index in [4.69, 9.17) is 0 Å². The summed E-state index contributed by atoms with van der Waals surface area (Å²) in [6, 6.07) is 1.13. The van der Waals surface area contributed by atoms with Gasteiger partial charge in [0, 0.05) is 33.9 Å². The summed E-state index contributed by atoms with van der Waals surface area (Å²) >= 11 is 0. The summed E-state index contributed by atoms with van der Waals surface area (Å²) in [4.78, 5) is 13.0. The highest BCUT2D eigenvalue weighted by atomic mass is 32.2. The number of hydrogen-bond acceptors (Lipinski definition) is 3. The van der Waals surface area contributed by atoms with Crippen molar-refractivity contribution in [1.29, 1.82) is 0 Å². The van der Waals surface area contributed by atoms with Crippen LogP contribution in [-0.2, 0) is 17.1 Å². The number of halogens is 3. The molecule has 0 saturated heterocycles. The minimum Gasteiger partial charge on any atom is -0.345 e. The van der Waals surface area contributed by atoms with Crippen molar-refractivity contribution < 1.29 is 26.4 Å². The largest absolute Gasteiger partial charge is 0.402 e. The second-order valence-electron chi connectivity index (χ2n) is 6.58. The number of hydrogen-bond donors (Lipinski definition) is 0. The Bertz CT molecular complexity index is 737. The van der Waals surface area contributed by atoms with Gasteiger partial charge in [-0.1, -0.05) is 6.42 Å². The molecule has 0 N–H and O–H groups in total. The Balaban J connectivity index is 2.35. The molecule has 0 atom stereocenters. The van der Waals surface area contributed by atoms with Crippen LogP contribution >= 0.6 is 0 Å². The van der Waals surface area contributed by atoms with Gasteiger partial charge in [0.05, 0.1) is 0 Å². The van der Waals surface area contributed by atoms with Crippen LogP contribution in [0.1, 0.15) is 29.8 Å². The number of carbonyl (C=O) groups is 1. The van der Waals surface area contributed by atoms with Crippen molar-refractivity contribution in [2.75, 3.05) is 27.2 Å². The zero-order chi connectivity index (χ0) is 19.0. The van der Waals surface area contributed by atoms with E-state index in [0.717, 1.165) is 25.3 Å². The van der Waals surface area contributed by atoms with Gasteiger partial charge >= 0.3 is 6.18 Å². The van der Waals surface area contributed by atoms with Crippen LogP contribution in [0.15, 0.2) is 17.2 Å². The molecule has 6 nitrogen and oxygen atoms in total. The molecule has 1 amide bonds. The monoisotopic (exact) mass is 381 g/mol. The summed E-state index contributed by atoms with van der Waals surface area (Å²) in [5.74, 6) is -0.478. The molecule has 0 bridgehead atoms. The summed E-state index contributed by atoms with van der Waals surface area (Å²) in [6.45, 7) is -1.69. The summed E-state index contributed by atoms with van der Waals surface area (Å²) in [6.07, 6.45) is -1.10. The zero-order valence-corrected chi connectivity index (χ0v) is 15.2. The summed E-state index contributed by atoms with van der Waals surface area (Å²) in [5.41, 5.74) is 0.0965. The maximum Gasteiger partial charge on any atom is 0.402 e. The van der Waals surface area contributed by atoms with Crippen LogP contribution in [0.2, 0.25) is 0 Å². The van der Waals surface area contributed by atoms with Gasteiger partial charge in [-0.05, 0) is 24.8 Å². The van der Waals surface area contributed by atoms with Crippen molar-refractivity contribution in [3.63, 3.8) is 0 Å². The molecule has 1 fully saturated rings. The summed E-state index contributed by atoms with van der Waals surface area (Å²) in [7, 11) is 0.157. The van der Waals surface area contributed by atoms with E-state index in [1.807, 2.05) is 0 Å². The highest BCUT2D eigenvalue weighted by Crippen LogP contribution is 2.31. The highest BCUT2D eigenvalue weighted by Gasteiger charge is 2.39. The van der Waals surface area contributed by atoms with E-state index in [0.29, 0.717) is 4.31 Å². The van der Waals surface area contributed by atoms with Crippen molar-refractivity contribution in [3.05, 3.63) is 18.0 Å². The quantitative estimate of drug-likeness (QED) is 0.758. The first-order chi connectivity index (χ1) is 11.4. The molecular formula is C15H22F3N3O3S. The lowest BCUT2D eigenvalue weighted by Gasteiger charge is -2.31. The third-order valence-electron chi connectivity index (χ3n) is 4.29. The molecular weight excluding hydrogens is 359 g/mol. The average Bonchev–Trinajstić information content (AvgIpc) is 2.81. The molecule has 1 saturated carbocycles. The van der Waals surface area contributed by atoms with Gasteiger partial charge in [0.2, 0.25) is 10.0 Å². The molecule has 2 rings (SSSR count). The Kier molecular flexibility index (Phi) is 5.53. The van der Waals surface area contributed by atoms with Crippen LogP contribution in [0.5, 0.6) is 0 Å². The predicted molar refractivity (Wildman–Crippen MR) is 85.6 cm³/mol. The van der Waals surface area contributed by atoms with E-state index in [9.17, 15) is 26.4 Å². The standard InChI is InChI=1S/C15H22F3N3O3S/c1-19(2)14(22)13-7-12(9-20(13)3)25(23,24)21(10-15(16,17)18)8-11-5-4-6-11/h7,9,11H,4-6,8,10H2,1-3H3. The molecule has 0 unspecified atom stereocenters. The topological polar surface area (TPSA) is 62.6 Å². The molecule has 1 aromatic heterocycles. The lowest BCUT2D eigenvalue weighted by atomic mass is 9.85. The molecule has 0 spiro atoms. The third-order valence-corrected chi connectivity index (χ3v) is 6.06. The van der Waals surface area contributed by atoms with Crippen LogP contribution in [0.4, 0.5) is 13.2 Å². The van der Waals surface area contributed by atoms with Gasteiger partial charge in [-0.25, -0.2) is 8.42 Å². The first kappa shape index (κ1) is 19.8. The third kappa shape index (κ3) is 4.55. The smallest absolute Gasteiger partial charge is 0.345 e. The predicted octanol–water partition coefficient (Wildman–Crippen LogP) is 2.08. The van der Waals surface area contributed by atoms with Crippen molar-refractivity contribution in [2.24, 2.45) is 13.0 Å². The van der Waals surface area contributed by atoms with E-state index in [1.165, 1.54) is 36.8 Å². The second kappa shape index (κ2) is 6.99. The molecule has 1 heterocycles. The Morgan fingerprint density at radius 3 is 2.36 bits per heavy atom. The fourth-order valence-electron chi connectivity index (χ4n) is 2.68. The van der Waals surface area contributed by atoms with Gasteiger partial charge < -0.3 is 9.47 Å². The molecule has 0 aliphatic heterocycles. The minimum atomic E-state index is -4.63. The Morgan fingerprint density at radius 1 is 1.32 bits per heavy atom. The highest BCUT2D eigenvalue weighted by molar-refractivity contribution is 7.89. The molecule has 1 aromatic rings. The maximum atomic E-state index is 12.9. The minimum absolute atomic E-state index is 0.0521. The lowest BCUT2D eigenvalue weighted by molar-refractivity contribution is -0.137. The number of nitrogens with zero attached hydrogens (tertiary/aromatic N) is 3. The molecule has 25 heavy (non-hydrogen) atoms. The van der Waals surface area contributed by atoms with Gasteiger partial charge in [0.15, 0.2) is 0 Å². The van der Waals surface area contributed by atoms with E-state index >= 15 is 0 Å². The van der Waals surface area contributed by atoms with Gasteiger partial charge in [-0.2, -0.15) is 17.5 Å². The van der Waals surface area contributed by atoms with Crippen LogP contribution < -0.4 is 0 Å². The van der Waals surface area contributed by atoms with Crippen LogP contribution in [0.25, 0.3) is 0 Å². The van der Waals surface area contributed by atoms with Gasteiger partial charge in [0.1, 0.15) is 17.1 Å². The first-order valence-corrected chi connectivity index (χ1v) is 9.30. The first-order valence-electron chi connectivity index (χ1n) is 7.86. The fraction of sp³-hybridized carbons (Fsp3) is 0.667. The van der Waals surface area contributed by atoms with Gasteiger partial charge in [-0.15, -0.1) is 0 Å². The van der Waals surface area contributed by atoms with Crippen molar-refractivity contribution in [3.8, 4) is 0 Å². The Hall–Kier alpha value is -1.55. The number of aromatic nitrogens is 1. The average molecular weight is 381 g/mol. The number of alkyl halides is 3. The Labute approximate surface area is 145 Å². The number of aryl methyl sites for hydroxylation is 1. The van der Waals surface area contributed by atoms with Gasteiger partial charge in [-0.3, -0.25) is 4.79 Å². The van der Waals surface area contributed by atoms with E-state index in [2.05, 4.69) is 0 Å². The van der Waals surface area contributed by atoms with E-state index in [-0.39, 0.29) is 23.1 Å². The molecule has 142 valence electrons. The second-order valence-corrected chi connectivity index (χ2v) is 8.52. The van der Waals surface area contributed by atoms with Crippen LogP contribution in [0, 0.1) is 5.92 Å². The normalized spacial score (nSPS) is 16.1. The Morgan fingerprint density at radius 2 is 1.92 bits per heavy atom. The maximum absolute atomic E-state index is 12.9. The van der Waals surface area contributed by atoms with Crippen molar-refractivity contribution in [1.82, 2.24) is 13.8 Å².